The Morgan fingerprint density at radius 1 is 1.33 bits per heavy atom. The topological polar surface area (TPSA) is 40.5 Å². The minimum Gasteiger partial charge on any atom is -0.481 e. The molecule has 1 aromatic rings. The van der Waals surface area contributed by atoms with Gasteiger partial charge in [0.1, 0.15) is 0 Å². The molecule has 0 unspecified atom stereocenters. The lowest BCUT2D eigenvalue weighted by Gasteiger charge is -2.38. The SMILES string of the molecule is CCN1CCC(C(=O)O)(c2ccc(Br)cc2)CC1. The van der Waals surface area contributed by atoms with Crippen molar-refractivity contribution in [2.45, 2.75) is 25.2 Å². The normalized spacial score (nSPS) is 19.7. The van der Waals surface area contributed by atoms with Crippen LogP contribution in [0.4, 0.5) is 0 Å². The van der Waals surface area contributed by atoms with Crippen LogP contribution in [0.5, 0.6) is 0 Å². The molecule has 1 aliphatic rings. The highest BCUT2D eigenvalue weighted by Gasteiger charge is 2.42. The monoisotopic (exact) mass is 311 g/mol. The van der Waals surface area contributed by atoms with Crippen molar-refractivity contribution in [3.63, 3.8) is 0 Å². The molecule has 0 atom stereocenters. The van der Waals surface area contributed by atoms with E-state index < -0.39 is 11.4 Å². The molecule has 1 aliphatic heterocycles. The molecule has 0 spiro atoms. The van der Waals surface area contributed by atoms with E-state index in [9.17, 15) is 9.90 Å². The lowest BCUT2D eigenvalue weighted by Crippen LogP contribution is -2.47. The quantitative estimate of drug-likeness (QED) is 0.933. The molecule has 1 heterocycles. The molecule has 0 aromatic heterocycles. The second-order valence-electron chi connectivity index (χ2n) is 4.83. The Bertz CT molecular complexity index is 422. The van der Waals surface area contributed by atoms with Crippen LogP contribution in [0.3, 0.4) is 0 Å². The van der Waals surface area contributed by atoms with E-state index in [0.717, 1.165) is 29.7 Å². The summed E-state index contributed by atoms with van der Waals surface area (Å²) in [6.07, 6.45) is 1.38. The fraction of sp³-hybridized carbons (Fsp3) is 0.500. The second-order valence-corrected chi connectivity index (χ2v) is 5.74. The molecule has 1 N–H and O–H groups in total. The van der Waals surface area contributed by atoms with Crippen LogP contribution in [-0.2, 0) is 10.2 Å². The largest absolute Gasteiger partial charge is 0.481 e. The molecule has 0 amide bonds. The van der Waals surface area contributed by atoms with Crippen molar-refractivity contribution < 1.29 is 9.90 Å². The third kappa shape index (κ3) is 2.45. The van der Waals surface area contributed by atoms with Crippen LogP contribution >= 0.6 is 15.9 Å². The van der Waals surface area contributed by atoms with Gasteiger partial charge in [0.05, 0.1) is 5.41 Å². The Hall–Kier alpha value is -0.870. The first-order chi connectivity index (χ1) is 8.58. The number of benzene rings is 1. The lowest BCUT2D eigenvalue weighted by molar-refractivity contribution is -0.146. The summed E-state index contributed by atoms with van der Waals surface area (Å²) in [6.45, 7) is 4.83. The number of halogens is 1. The number of aliphatic carboxylic acids is 1. The molecular weight excluding hydrogens is 294 g/mol. The van der Waals surface area contributed by atoms with Crippen LogP contribution < -0.4 is 0 Å². The molecule has 1 saturated heterocycles. The van der Waals surface area contributed by atoms with Gasteiger partial charge in [0.2, 0.25) is 0 Å². The third-order valence-corrected chi connectivity index (χ3v) is 4.49. The Morgan fingerprint density at radius 2 is 1.89 bits per heavy atom. The zero-order valence-corrected chi connectivity index (χ0v) is 12.1. The minimum atomic E-state index is -0.702. The number of likely N-dealkylation sites (tertiary alicyclic amines) is 1. The zero-order chi connectivity index (χ0) is 13.2. The molecule has 0 saturated carbocycles. The van der Waals surface area contributed by atoms with Gasteiger partial charge in [-0.25, -0.2) is 0 Å². The van der Waals surface area contributed by atoms with E-state index in [1.807, 2.05) is 24.3 Å². The van der Waals surface area contributed by atoms with Crippen LogP contribution in [-0.4, -0.2) is 35.6 Å². The summed E-state index contributed by atoms with van der Waals surface area (Å²) in [6, 6.07) is 7.71. The lowest BCUT2D eigenvalue weighted by atomic mass is 9.73. The molecule has 0 radical (unpaired) electrons. The fourth-order valence-corrected chi connectivity index (χ4v) is 2.91. The van der Waals surface area contributed by atoms with Crippen molar-refractivity contribution in [3.05, 3.63) is 34.3 Å². The van der Waals surface area contributed by atoms with Crippen LogP contribution in [0.25, 0.3) is 0 Å². The number of hydrogen-bond acceptors (Lipinski definition) is 2. The maximum Gasteiger partial charge on any atom is 0.314 e. The Labute approximate surface area is 116 Å². The van der Waals surface area contributed by atoms with Gasteiger partial charge in [-0.05, 0) is 50.2 Å². The van der Waals surface area contributed by atoms with E-state index in [4.69, 9.17) is 0 Å². The predicted octanol–water partition coefficient (Wildman–Crippen LogP) is 2.89. The van der Waals surface area contributed by atoms with Gasteiger partial charge in [0.15, 0.2) is 0 Å². The Balaban J connectivity index is 2.28. The summed E-state index contributed by atoms with van der Waals surface area (Å²) >= 11 is 3.39. The summed E-state index contributed by atoms with van der Waals surface area (Å²) in [4.78, 5) is 14.0. The standard InChI is InChI=1S/C14H18BrNO2/c1-2-16-9-7-14(8-10-16,13(17)18)11-3-5-12(15)6-4-11/h3-6H,2,7-10H2,1H3,(H,17,18). The average Bonchev–Trinajstić information content (AvgIpc) is 2.39. The second kappa shape index (κ2) is 5.41. The molecule has 1 aromatic carbocycles. The highest BCUT2D eigenvalue weighted by Crippen LogP contribution is 2.36. The van der Waals surface area contributed by atoms with Crippen LogP contribution in [0.2, 0.25) is 0 Å². The first-order valence-corrected chi connectivity index (χ1v) is 7.09. The minimum absolute atomic E-state index is 0.692. The maximum atomic E-state index is 11.7. The van der Waals surface area contributed by atoms with E-state index in [-0.39, 0.29) is 0 Å². The number of carboxylic acids is 1. The first kappa shape index (κ1) is 13.6. The van der Waals surface area contributed by atoms with Crippen LogP contribution in [0, 0.1) is 0 Å². The molecule has 18 heavy (non-hydrogen) atoms. The van der Waals surface area contributed by atoms with Gasteiger partial charge in [-0.15, -0.1) is 0 Å². The van der Waals surface area contributed by atoms with Gasteiger partial charge in [-0.2, -0.15) is 0 Å². The number of piperidine rings is 1. The van der Waals surface area contributed by atoms with Crippen LogP contribution in [0.15, 0.2) is 28.7 Å². The Morgan fingerprint density at radius 3 is 2.33 bits per heavy atom. The van der Waals surface area contributed by atoms with Crippen molar-refractivity contribution in [3.8, 4) is 0 Å². The van der Waals surface area contributed by atoms with E-state index in [0.29, 0.717) is 12.8 Å². The number of carboxylic acid groups (broad SMARTS) is 1. The molecule has 3 nitrogen and oxygen atoms in total. The Kier molecular flexibility index (Phi) is 4.07. The zero-order valence-electron chi connectivity index (χ0n) is 10.5. The van der Waals surface area contributed by atoms with E-state index in [1.54, 1.807) is 0 Å². The average molecular weight is 312 g/mol. The van der Waals surface area contributed by atoms with Crippen molar-refractivity contribution in [1.29, 1.82) is 0 Å². The van der Waals surface area contributed by atoms with E-state index >= 15 is 0 Å². The van der Waals surface area contributed by atoms with Gasteiger partial charge >= 0.3 is 5.97 Å². The predicted molar refractivity (Wildman–Crippen MR) is 74.8 cm³/mol. The molecule has 1 fully saturated rings. The number of carbonyl (C=O) groups is 1. The first-order valence-electron chi connectivity index (χ1n) is 6.30. The summed E-state index contributed by atoms with van der Waals surface area (Å²) in [7, 11) is 0. The number of hydrogen-bond donors (Lipinski definition) is 1. The van der Waals surface area contributed by atoms with Gasteiger partial charge in [0, 0.05) is 4.47 Å². The summed E-state index contributed by atoms with van der Waals surface area (Å²) in [5, 5.41) is 9.64. The number of rotatable bonds is 3. The van der Waals surface area contributed by atoms with Gasteiger partial charge in [-0.3, -0.25) is 4.79 Å². The van der Waals surface area contributed by atoms with Crippen molar-refractivity contribution in [2.24, 2.45) is 0 Å². The van der Waals surface area contributed by atoms with Crippen molar-refractivity contribution >= 4 is 21.9 Å². The highest BCUT2D eigenvalue weighted by molar-refractivity contribution is 9.10. The fourth-order valence-electron chi connectivity index (χ4n) is 2.65. The maximum absolute atomic E-state index is 11.7. The summed E-state index contributed by atoms with van der Waals surface area (Å²) < 4.78 is 0.984. The molecule has 2 rings (SSSR count). The van der Waals surface area contributed by atoms with Gasteiger partial charge in [-0.1, -0.05) is 35.0 Å². The van der Waals surface area contributed by atoms with Gasteiger partial charge in [0.25, 0.3) is 0 Å². The highest BCUT2D eigenvalue weighted by atomic mass is 79.9. The molecule has 98 valence electrons. The molecule has 0 bridgehead atoms. The summed E-state index contributed by atoms with van der Waals surface area (Å²) in [5.74, 6) is -0.694. The van der Waals surface area contributed by atoms with E-state index in [2.05, 4.69) is 27.8 Å². The van der Waals surface area contributed by atoms with Crippen LogP contribution in [0.1, 0.15) is 25.3 Å². The smallest absolute Gasteiger partial charge is 0.314 e. The molecular formula is C14H18BrNO2. The van der Waals surface area contributed by atoms with Crippen molar-refractivity contribution in [2.75, 3.05) is 19.6 Å². The van der Waals surface area contributed by atoms with Gasteiger partial charge < -0.3 is 10.0 Å². The number of nitrogens with zero attached hydrogens (tertiary/aromatic N) is 1. The molecule has 4 heteroatoms. The van der Waals surface area contributed by atoms with Crippen molar-refractivity contribution in [1.82, 2.24) is 4.90 Å². The summed E-state index contributed by atoms with van der Waals surface area (Å²) in [5.41, 5.74) is 0.223. The third-order valence-electron chi connectivity index (χ3n) is 3.96. The molecule has 0 aliphatic carbocycles. The van der Waals surface area contributed by atoms with E-state index in [1.165, 1.54) is 0 Å².